The van der Waals surface area contributed by atoms with Crippen molar-refractivity contribution in [2.75, 3.05) is 18.4 Å². The molecule has 1 fully saturated rings. The summed E-state index contributed by atoms with van der Waals surface area (Å²) in [6, 6.07) is 4.18. The fourth-order valence-corrected chi connectivity index (χ4v) is 6.19. The number of carbonyl (C=O) groups excluding carboxylic acids is 1. The summed E-state index contributed by atoms with van der Waals surface area (Å²) in [6.45, 7) is 6.59. The molecule has 1 atom stereocenters. The Morgan fingerprint density at radius 2 is 2.15 bits per heavy atom. The minimum atomic E-state index is 0.0612. The molecule has 3 aliphatic rings. The summed E-state index contributed by atoms with van der Waals surface area (Å²) in [5.74, 6) is 2.03. The van der Waals surface area contributed by atoms with Gasteiger partial charge in [0.1, 0.15) is 22.7 Å². The Bertz CT molecular complexity index is 1280. The topological polar surface area (TPSA) is 79.7 Å². The van der Waals surface area contributed by atoms with Gasteiger partial charge < -0.3 is 15.0 Å². The monoisotopic (exact) mass is 461 g/mol. The van der Waals surface area contributed by atoms with Crippen LogP contribution in [-0.4, -0.2) is 46.2 Å². The Labute approximate surface area is 196 Å². The van der Waals surface area contributed by atoms with Gasteiger partial charge in [-0.1, -0.05) is 0 Å². The molecule has 1 amide bonds. The summed E-state index contributed by atoms with van der Waals surface area (Å²) >= 11 is 1.70. The van der Waals surface area contributed by atoms with Crippen molar-refractivity contribution >= 4 is 45.2 Å². The fourth-order valence-electron chi connectivity index (χ4n) is 4.93. The molecule has 1 saturated heterocycles. The van der Waals surface area contributed by atoms with Crippen LogP contribution in [0.25, 0.3) is 10.2 Å². The first-order valence-electron chi connectivity index (χ1n) is 11.7. The molecule has 170 valence electrons. The van der Waals surface area contributed by atoms with Crippen molar-refractivity contribution in [2.45, 2.75) is 52.2 Å². The number of nitrogens with zero attached hydrogens (tertiary/aromatic N) is 4. The molecule has 1 unspecified atom stereocenters. The number of nitrogens with one attached hydrogen (secondary N) is 1. The van der Waals surface area contributed by atoms with E-state index in [9.17, 15) is 4.79 Å². The largest absolute Gasteiger partial charge is 0.489 e. The number of likely N-dealkylation sites (tertiary alicyclic amines) is 1. The number of hydrogen-bond acceptors (Lipinski definition) is 7. The molecule has 33 heavy (non-hydrogen) atoms. The van der Waals surface area contributed by atoms with E-state index in [1.165, 1.54) is 16.0 Å². The highest BCUT2D eigenvalue weighted by molar-refractivity contribution is 7.19. The highest BCUT2D eigenvalue weighted by atomic mass is 32.1. The minimum Gasteiger partial charge on any atom is -0.489 e. The minimum absolute atomic E-state index is 0.0612. The van der Waals surface area contributed by atoms with Gasteiger partial charge in [0.2, 0.25) is 5.91 Å². The highest BCUT2D eigenvalue weighted by Gasteiger charge is 2.33. The maximum atomic E-state index is 12.8. The van der Waals surface area contributed by atoms with E-state index in [0.29, 0.717) is 12.5 Å². The number of rotatable bonds is 5. The van der Waals surface area contributed by atoms with E-state index in [1.807, 2.05) is 25.0 Å². The SMILES string of the molecule is CC(C)Oc1cc2c(cc1Nc1ncnc3sc4c(c13)CCC(C(=O)N1CCC1)C4)C=NC2. The van der Waals surface area contributed by atoms with E-state index in [2.05, 4.69) is 32.4 Å². The molecule has 1 aliphatic carbocycles. The van der Waals surface area contributed by atoms with E-state index in [0.717, 1.165) is 71.8 Å². The number of aromatic nitrogens is 2. The standard InChI is InChI=1S/C25H27N5O2S/c1-14(2)32-20-9-17-12-26-11-16(17)8-19(20)29-23-22-18-5-4-15(25(31)30-6-3-7-30)10-21(18)33-24(22)28-13-27-23/h8-9,11,13-15H,3-7,10,12H2,1-2H3,(H,27,28,29). The van der Waals surface area contributed by atoms with Gasteiger partial charge in [0.15, 0.2) is 0 Å². The van der Waals surface area contributed by atoms with Crippen LogP contribution in [0.2, 0.25) is 0 Å². The average Bonchev–Trinajstić information content (AvgIpc) is 3.35. The van der Waals surface area contributed by atoms with E-state index >= 15 is 0 Å². The zero-order valence-corrected chi connectivity index (χ0v) is 19.7. The van der Waals surface area contributed by atoms with Crippen molar-refractivity contribution < 1.29 is 9.53 Å². The van der Waals surface area contributed by atoms with Crippen molar-refractivity contribution in [3.63, 3.8) is 0 Å². The summed E-state index contributed by atoms with van der Waals surface area (Å²) in [5.41, 5.74) is 4.46. The second-order valence-electron chi connectivity index (χ2n) is 9.33. The second kappa shape index (κ2) is 8.09. The normalized spacial score (nSPS) is 18.9. The molecular formula is C25H27N5O2S. The summed E-state index contributed by atoms with van der Waals surface area (Å²) in [6.07, 6.45) is 7.31. The number of benzene rings is 1. The quantitative estimate of drug-likeness (QED) is 0.606. The Morgan fingerprint density at radius 1 is 1.27 bits per heavy atom. The molecule has 7 nitrogen and oxygen atoms in total. The Hall–Kier alpha value is -3.00. The Balaban J connectivity index is 1.35. The fraction of sp³-hybridized carbons (Fsp3) is 0.440. The van der Waals surface area contributed by atoms with Crippen LogP contribution in [-0.2, 0) is 24.2 Å². The second-order valence-corrected chi connectivity index (χ2v) is 10.4. The first kappa shape index (κ1) is 20.6. The summed E-state index contributed by atoms with van der Waals surface area (Å²) in [5, 5.41) is 4.63. The number of ether oxygens (including phenoxy) is 1. The summed E-state index contributed by atoms with van der Waals surface area (Å²) in [4.78, 5) is 30.6. The Morgan fingerprint density at radius 3 is 2.94 bits per heavy atom. The van der Waals surface area contributed by atoms with Crippen molar-refractivity contribution in [1.29, 1.82) is 0 Å². The smallest absolute Gasteiger partial charge is 0.226 e. The third kappa shape index (κ3) is 3.66. The Kier molecular flexibility index (Phi) is 5.05. The first-order valence-corrected chi connectivity index (χ1v) is 12.5. The lowest BCUT2D eigenvalue weighted by molar-refractivity contribution is -0.139. The van der Waals surface area contributed by atoms with Crippen molar-refractivity contribution in [3.8, 4) is 5.75 Å². The third-order valence-electron chi connectivity index (χ3n) is 6.71. The van der Waals surface area contributed by atoms with Gasteiger partial charge >= 0.3 is 0 Å². The van der Waals surface area contributed by atoms with Crippen LogP contribution in [0.4, 0.5) is 11.5 Å². The number of fused-ring (bicyclic) bond motifs is 4. The maximum absolute atomic E-state index is 12.8. The zero-order chi connectivity index (χ0) is 22.5. The van der Waals surface area contributed by atoms with Gasteiger partial charge in [-0.05, 0) is 68.4 Å². The van der Waals surface area contributed by atoms with E-state index in [1.54, 1.807) is 17.7 Å². The number of aliphatic imine (C=N–C) groups is 1. The molecule has 0 radical (unpaired) electrons. The maximum Gasteiger partial charge on any atom is 0.226 e. The molecule has 1 N–H and O–H groups in total. The number of amides is 1. The average molecular weight is 462 g/mol. The van der Waals surface area contributed by atoms with Crippen LogP contribution in [0.3, 0.4) is 0 Å². The van der Waals surface area contributed by atoms with Crippen molar-refractivity contribution in [3.05, 3.63) is 40.0 Å². The number of anilines is 2. The molecule has 1 aromatic carbocycles. The van der Waals surface area contributed by atoms with Crippen LogP contribution in [0.15, 0.2) is 23.5 Å². The van der Waals surface area contributed by atoms with E-state index in [-0.39, 0.29) is 12.0 Å². The van der Waals surface area contributed by atoms with Gasteiger partial charge in [0.25, 0.3) is 0 Å². The van der Waals surface area contributed by atoms with Crippen LogP contribution in [0.1, 0.15) is 48.3 Å². The molecule has 2 aliphatic heterocycles. The number of hydrogen-bond donors (Lipinski definition) is 1. The van der Waals surface area contributed by atoms with Gasteiger partial charge in [-0.3, -0.25) is 9.79 Å². The summed E-state index contributed by atoms with van der Waals surface area (Å²) < 4.78 is 6.13. The molecular weight excluding hydrogens is 434 g/mol. The molecule has 0 saturated carbocycles. The first-order chi connectivity index (χ1) is 16.1. The van der Waals surface area contributed by atoms with Gasteiger partial charge in [0, 0.05) is 30.1 Å². The molecule has 3 aromatic rings. The zero-order valence-electron chi connectivity index (χ0n) is 18.9. The van der Waals surface area contributed by atoms with Gasteiger partial charge in [-0.15, -0.1) is 11.3 Å². The van der Waals surface area contributed by atoms with Crippen molar-refractivity contribution in [2.24, 2.45) is 10.9 Å². The number of aryl methyl sites for hydroxylation is 1. The lowest BCUT2D eigenvalue weighted by Crippen LogP contribution is -2.46. The third-order valence-corrected chi connectivity index (χ3v) is 7.87. The van der Waals surface area contributed by atoms with Gasteiger partial charge in [0.05, 0.1) is 23.7 Å². The number of thiophene rings is 1. The van der Waals surface area contributed by atoms with Crippen LogP contribution in [0, 0.1) is 5.92 Å². The van der Waals surface area contributed by atoms with E-state index in [4.69, 9.17) is 4.74 Å². The van der Waals surface area contributed by atoms with Crippen LogP contribution in [0.5, 0.6) is 5.75 Å². The molecule has 4 heterocycles. The lowest BCUT2D eigenvalue weighted by atomic mass is 9.86. The van der Waals surface area contributed by atoms with E-state index < -0.39 is 0 Å². The highest BCUT2D eigenvalue weighted by Crippen LogP contribution is 2.42. The molecule has 6 rings (SSSR count). The van der Waals surface area contributed by atoms with Crippen LogP contribution < -0.4 is 10.1 Å². The number of carbonyl (C=O) groups is 1. The molecule has 8 heteroatoms. The predicted octanol–water partition coefficient (Wildman–Crippen LogP) is 4.49. The predicted molar refractivity (Wildman–Crippen MR) is 131 cm³/mol. The van der Waals surface area contributed by atoms with Crippen LogP contribution >= 0.6 is 11.3 Å². The van der Waals surface area contributed by atoms with Crippen molar-refractivity contribution in [1.82, 2.24) is 14.9 Å². The van der Waals surface area contributed by atoms with Gasteiger partial charge in [-0.25, -0.2) is 9.97 Å². The summed E-state index contributed by atoms with van der Waals surface area (Å²) in [7, 11) is 0. The van der Waals surface area contributed by atoms with Gasteiger partial charge in [-0.2, -0.15) is 0 Å². The molecule has 0 spiro atoms. The molecule has 0 bridgehead atoms. The molecule has 2 aromatic heterocycles. The lowest BCUT2D eigenvalue weighted by Gasteiger charge is -2.35.